The van der Waals surface area contributed by atoms with Crippen molar-refractivity contribution in [2.45, 2.75) is 0 Å². The number of hydrogen-bond acceptors (Lipinski definition) is 5. The molecule has 0 saturated carbocycles. The monoisotopic (exact) mass is 746 g/mol. The van der Waals surface area contributed by atoms with Gasteiger partial charge in [-0.15, -0.1) is 11.3 Å². The van der Waals surface area contributed by atoms with Crippen molar-refractivity contribution in [2.75, 3.05) is 0 Å². The van der Waals surface area contributed by atoms with Crippen LogP contribution in [0.2, 0.25) is 0 Å². The molecule has 57 heavy (non-hydrogen) atoms. The smallest absolute Gasteiger partial charge is 0.164 e. The lowest BCUT2D eigenvalue weighted by Crippen LogP contribution is -2.00. The Labute approximate surface area is 330 Å². The van der Waals surface area contributed by atoms with Crippen molar-refractivity contribution < 1.29 is 4.42 Å². The minimum Gasteiger partial charge on any atom is -0.456 e. The molecule has 4 aromatic heterocycles. The second-order valence-corrected chi connectivity index (χ2v) is 15.4. The third-order valence-corrected chi connectivity index (χ3v) is 12.3. The van der Waals surface area contributed by atoms with Crippen LogP contribution in [-0.2, 0) is 0 Å². The molecule has 8 aromatic carbocycles. The van der Waals surface area contributed by atoms with E-state index in [9.17, 15) is 0 Å². The summed E-state index contributed by atoms with van der Waals surface area (Å²) < 4.78 is 11.5. The standard InChI is InChI=1S/C51H30N4OS/c1-3-14-31(15-4-1)49-52-50(32-16-5-2-6-17-32)54-51(53-49)39-23-13-27-44-47(39)46-36(20-12-26-43(46)56-44)37-21-11-22-38-40-30-33(28-29-45(40)57-48(37)38)55-41-24-9-7-18-34(41)35-19-8-10-25-42(35)55/h1-30H. The van der Waals surface area contributed by atoms with E-state index >= 15 is 0 Å². The summed E-state index contributed by atoms with van der Waals surface area (Å²) in [6, 6.07) is 63.7. The van der Waals surface area contributed by atoms with E-state index in [1.54, 1.807) is 0 Å². The summed E-state index contributed by atoms with van der Waals surface area (Å²) in [5.41, 5.74) is 10.2. The van der Waals surface area contributed by atoms with Gasteiger partial charge >= 0.3 is 0 Å². The van der Waals surface area contributed by atoms with E-state index in [-0.39, 0.29) is 0 Å². The Hall–Kier alpha value is -7.41. The summed E-state index contributed by atoms with van der Waals surface area (Å²) in [5, 5.41) is 7.03. The van der Waals surface area contributed by atoms with Gasteiger partial charge in [0.15, 0.2) is 17.5 Å². The van der Waals surface area contributed by atoms with Gasteiger partial charge in [0.25, 0.3) is 0 Å². The average molecular weight is 747 g/mol. The molecule has 12 rings (SSSR count). The van der Waals surface area contributed by atoms with Gasteiger partial charge < -0.3 is 8.98 Å². The van der Waals surface area contributed by atoms with Crippen molar-refractivity contribution >= 4 is 75.3 Å². The van der Waals surface area contributed by atoms with Gasteiger partial charge in [-0.1, -0.05) is 140 Å². The molecular formula is C51H30N4OS. The number of nitrogens with zero attached hydrogens (tertiary/aromatic N) is 4. The molecule has 0 N–H and O–H groups in total. The molecular weight excluding hydrogens is 717 g/mol. The van der Waals surface area contributed by atoms with Gasteiger partial charge in [0.2, 0.25) is 0 Å². The van der Waals surface area contributed by atoms with Crippen LogP contribution in [0.25, 0.3) is 115 Å². The number of fused-ring (bicyclic) bond motifs is 9. The zero-order valence-electron chi connectivity index (χ0n) is 30.4. The molecule has 0 amide bonds. The maximum atomic E-state index is 6.63. The van der Waals surface area contributed by atoms with Crippen molar-refractivity contribution in [2.24, 2.45) is 0 Å². The molecule has 5 nitrogen and oxygen atoms in total. The van der Waals surface area contributed by atoms with E-state index in [0.717, 1.165) is 49.9 Å². The predicted molar refractivity (Wildman–Crippen MR) is 236 cm³/mol. The topological polar surface area (TPSA) is 56.7 Å². The van der Waals surface area contributed by atoms with E-state index in [2.05, 4.69) is 114 Å². The van der Waals surface area contributed by atoms with Crippen LogP contribution in [0.1, 0.15) is 0 Å². The van der Waals surface area contributed by atoms with Gasteiger partial charge in [-0.25, -0.2) is 15.0 Å². The molecule has 0 saturated heterocycles. The molecule has 4 heterocycles. The van der Waals surface area contributed by atoms with Crippen molar-refractivity contribution in [1.82, 2.24) is 19.5 Å². The zero-order chi connectivity index (χ0) is 37.5. The summed E-state index contributed by atoms with van der Waals surface area (Å²) in [4.78, 5) is 15.2. The van der Waals surface area contributed by atoms with Crippen LogP contribution in [0.3, 0.4) is 0 Å². The van der Waals surface area contributed by atoms with Crippen LogP contribution < -0.4 is 0 Å². The molecule has 0 aliphatic carbocycles. The number of furan rings is 1. The SMILES string of the molecule is c1ccc(-c2nc(-c3ccccc3)nc(-c3cccc4oc5cccc(-c6cccc7c6sc6ccc(-n8c9ccccc9c9ccccc98)cc67)c5c34)n2)cc1. The first-order valence-corrected chi connectivity index (χ1v) is 19.8. The highest BCUT2D eigenvalue weighted by Gasteiger charge is 2.22. The number of rotatable bonds is 5. The van der Waals surface area contributed by atoms with Crippen LogP contribution in [0, 0.1) is 0 Å². The summed E-state index contributed by atoms with van der Waals surface area (Å²) in [6.07, 6.45) is 0. The minimum atomic E-state index is 0.600. The molecule has 12 aromatic rings. The Morgan fingerprint density at radius 3 is 1.60 bits per heavy atom. The molecule has 266 valence electrons. The highest BCUT2D eigenvalue weighted by atomic mass is 32.1. The van der Waals surface area contributed by atoms with E-state index in [1.807, 2.05) is 84.1 Å². The van der Waals surface area contributed by atoms with E-state index in [4.69, 9.17) is 19.4 Å². The summed E-state index contributed by atoms with van der Waals surface area (Å²) >= 11 is 1.84. The van der Waals surface area contributed by atoms with Crippen LogP contribution in [0.5, 0.6) is 0 Å². The number of hydrogen-bond donors (Lipinski definition) is 0. The normalized spacial score (nSPS) is 11.9. The first-order valence-electron chi connectivity index (χ1n) is 19.0. The average Bonchev–Trinajstić information content (AvgIpc) is 3.96. The van der Waals surface area contributed by atoms with Crippen LogP contribution in [-0.4, -0.2) is 19.5 Å². The van der Waals surface area contributed by atoms with Gasteiger partial charge in [0.1, 0.15) is 11.2 Å². The quantitative estimate of drug-likeness (QED) is 0.176. The van der Waals surface area contributed by atoms with Crippen LogP contribution in [0.4, 0.5) is 0 Å². The molecule has 0 bridgehead atoms. The number of para-hydroxylation sites is 2. The maximum Gasteiger partial charge on any atom is 0.164 e. The van der Waals surface area contributed by atoms with Gasteiger partial charge in [-0.3, -0.25) is 0 Å². The van der Waals surface area contributed by atoms with Crippen molar-refractivity contribution in [3.63, 3.8) is 0 Å². The van der Waals surface area contributed by atoms with Gasteiger partial charge in [0.05, 0.1) is 11.0 Å². The summed E-state index contributed by atoms with van der Waals surface area (Å²) in [6.45, 7) is 0. The lowest BCUT2D eigenvalue weighted by atomic mass is 9.96. The van der Waals surface area contributed by atoms with Crippen molar-refractivity contribution in [1.29, 1.82) is 0 Å². The molecule has 0 aliphatic heterocycles. The fraction of sp³-hybridized carbons (Fsp3) is 0. The zero-order valence-corrected chi connectivity index (χ0v) is 31.2. The fourth-order valence-corrected chi connectivity index (χ4v) is 9.76. The van der Waals surface area contributed by atoms with E-state index in [1.165, 1.54) is 47.5 Å². The second-order valence-electron chi connectivity index (χ2n) is 14.3. The lowest BCUT2D eigenvalue weighted by molar-refractivity contribution is 0.669. The van der Waals surface area contributed by atoms with Crippen LogP contribution >= 0.6 is 11.3 Å². The third-order valence-electron chi connectivity index (χ3n) is 11.1. The van der Waals surface area contributed by atoms with Crippen molar-refractivity contribution in [3.05, 3.63) is 182 Å². The Bertz CT molecular complexity index is 3420. The van der Waals surface area contributed by atoms with E-state index in [0.29, 0.717) is 17.5 Å². The Kier molecular flexibility index (Phi) is 7.03. The Balaban J connectivity index is 1.08. The second kappa shape index (κ2) is 12.6. The van der Waals surface area contributed by atoms with E-state index < -0.39 is 0 Å². The molecule has 6 heteroatoms. The molecule has 0 unspecified atom stereocenters. The molecule has 0 spiro atoms. The Morgan fingerprint density at radius 2 is 0.930 bits per heavy atom. The minimum absolute atomic E-state index is 0.600. The first kappa shape index (κ1) is 31.9. The fourth-order valence-electron chi connectivity index (χ4n) is 8.54. The number of thiophene rings is 1. The molecule has 0 atom stereocenters. The van der Waals surface area contributed by atoms with Gasteiger partial charge in [-0.2, -0.15) is 0 Å². The van der Waals surface area contributed by atoms with Gasteiger partial charge in [-0.05, 0) is 48.0 Å². The predicted octanol–water partition coefficient (Wildman–Crippen LogP) is 13.9. The number of aromatic nitrogens is 4. The lowest BCUT2D eigenvalue weighted by Gasteiger charge is -2.10. The van der Waals surface area contributed by atoms with Gasteiger partial charge in [0, 0.05) is 69.7 Å². The van der Waals surface area contributed by atoms with Crippen LogP contribution in [0.15, 0.2) is 186 Å². The van der Waals surface area contributed by atoms with Crippen molar-refractivity contribution in [3.8, 4) is 51.0 Å². The largest absolute Gasteiger partial charge is 0.456 e. The Morgan fingerprint density at radius 1 is 0.404 bits per heavy atom. The molecule has 0 aliphatic rings. The molecule has 0 fully saturated rings. The first-order chi connectivity index (χ1) is 28.3. The summed E-state index contributed by atoms with van der Waals surface area (Å²) in [7, 11) is 0. The maximum absolute atomic E-state index is 6.63. The highest BCUT2D eigenvalue weighted by Crippen LogP contribution is 2.46. The number of benzene rings is 8. The highest BCUT2D eigenvalue weighted by molar-refractivity contribution is 7.26. The summed E-state index contributed by atoms with van der Waals surface area (Å²) in [5.74, 6) is 1.85. The third kappa shape index (κ3) is 4.98. The molecule has 0 radical (unpaired) electrons.